The second-order valence-corrected chi connectivity index (χ2v) is 19.5. The molecule has 2 aromatic heterocycles. The Bertz CT molecular complexity index is 2610. The third-order valence-corrected chi connectivity index (χ3v) is 12.7. The van der Waals surface area contributed by atoms with Crippen LogP contribution in [0.4, 0.5) is 20.2 Å². The molecule has 8 N–H and O–H groups in total. The largest absolute Gasteiger partial charge is 0.356 e. The molecule has 0 fully saturated rings. The number of halogens is 2. The van der Waals surface area contributed by atoms with Crippen LogP contribution in [-0.4, -0.2) is 71.9 Å². The highest BCUT2D eigenvalue weighted by molar-refractivity contribution is 6.00. The Hall–Kier alpha value is -6.88. The van der Waals surface area contributed by atoms with Crippen molar-refractivity contribution in [2.75, 3.05) is 36.0 Å². The van der Waals surface area contributed by atoms with Crippen LogP contribution in [0.3, 0.4) is 0 Å². The molecule has 14 nitrogen and oxygen atoms in total. The number of amides is 4. The highest BCUT2D eigenvalue weighted by Gasteiger charge is 2.42. The van der Waals surface area contributed by atoms with E-state index < -0.39 is 22.9 Å². The number of nitrogens with one attached hydrogen (secondary N) is 4. The van der Waals surface area contributed by atoms with Crippen molar-refractivity contribution in [3.63, 3.8) is 0 Å². The minimum absolute atomic E-state index is 0.149. The number of pyridine rings is 2. The molecule has 370 valence electrons. The Morgan fingerprint density at radius 1 is 0.629 bits per heavy atom. The number of carbonyl (C=O) groups excluding carboxylic acids is 4. The standard InChI is InChI=1S/C54H64F2N8O6/c1-53(2)33-63(43-31-37(49(67)61-47(43)53)29-35-19-23-39(55)24-20-35)51(69)41(57)15-11-13-27-59-45(65)17-9-7-5-6-8-10-18-46(66)60-28-14-12-16-42(58)52(70)64-34-54(3,4)48-44(64)32-38(50(68)62-48)30-36-21-25-40(56)26-22-36/h19-26,31-32,41-42H,9-18,27-30,33-34,57-58H2,1-4H3,(H,59,65)(H,60,66)(H,61,67)(H,62,68)/t41-,42-/m0/s1. The lowest BCUT2D eigenvalue weighted by Crippen LogP contribution is -2.44. The molecule has 0 spiro atoms. The molecule has 0 saturated carbocycles. The minimum Gasteiger partial charge on any atom is -0.356 e. The Kier molecular flexibility index (Phi) is 17.7. The van der Waals surface area contributed by atoms with Crippen molar-refractivity contribution in [3.05, 3.63) is 127 Å². The third-order valence-electron chi connectivity index (χ3n) is 12.7. The van der Waals surface area contributed by atoms with Gasteiger partial charge >= 0.3 is 0 Å². The maximum absolute atomic E-state index is 13.6. The first-order valence-electron chi connectivity index (χ1n) is 24.0. The van der Waals surface area contributed by atoms with E-state index in [9.17, 15) is 37.5 Å². The summed E-state index contributed by atoms with van der Waals surface area (Å²) >= 11 is 0. The molecular weight excluding hydrogens is 895 g/mol. The number of anilines is 2. The van der Waals surface area contributed by atoms with E-state index >= 15 is 0 Å². The third kappa shape index (κ3) is 13.9. The first kappa shape index (κ1) is 52.5. The molecule has 0 aliphatic carbocycles. The summed E-state index contributed by atoms with van der Waals surface area (Å²) < 4.78 is 26.9. The van der Waals surface area contributed by atoms with Crippen LogP contribution in [0.15, 0.2) is 70.3 Å². The number of unbranched alkanes of at least 4 members (excludes halogenated alkanes) is 2. The van der Waals surface area contributed by atoms with Crippen LogP contribution in [0, 0.1) is 35.3 Å². The Balaban J connectivity index is 0.812. The van der Waals surface area contributed by atoms with E-state index in [1.54, 1.807) is 46.2 Å². The minimum atomic E-state index is -0.764. The predicted octanol–water partition coefficient (Wildman–Crippen LogP) is 5.27. The van der Waals surface area contributed by atoms with Gasteiger partial charge in [-0.05, 0) is 97.9 Å². The fourth-order valence-corrected chi connectivity index (χ4v) is 8.82. The van der Waals surface area contributed by atoms with Gasteiger partial charge in [0.25, 0.3) is 11.1 Å². The van der Waals surface area contributed by atoms with E-state index in [0.717, 1.165) is 11.1 Å². The highest BCUT2D eigenvalue weighted by Crippen LogP contribution is 2.40. The second kappa shape index (κ2) is 23.6. The van der Waals surface area contributed by atoms with E-state index in [0.29, 0.717) is 111 Å². The van der Waals surface area contributed by atoms with Crippen molar-refractivity contribution in [1.29, 1.82) is 0 Å². The van der Waals surface area contributed by atoms with Gasteiger partial charge in [-0.25, -0.2) is 8.78 Å². The number of benzene rings is 2. The van der Waals surface area contributed by atoms with Crippen LogP contribution >= 0.6 is 0 Å². The molecule has 0 bridgehead atoms. The Morgan fingerprint density at radius 3 is 1.37 bits per heavy atom. The van der Waals surface area contributed by atoms with Crippen molar-refractivity contribution < 1.29 is 28.0 Å². The van der Waals surface area contributed by atoms with E-state index in [4.69, 9.17) is 11.5 Å². The number of H-pyrrole nitrogens is 2. The van der Waals surface area contributed by atoms with E-state index in [-0.39, 0.29) is 72.1 Å². The number of fused-ring (bicyclic) bond motifs is 2. The van der Waals surface area contributed by atoms with Crippen LogP contribution < -0.4 is 43.0 Å². The fourth-order valence-electron chi connectivity index (χ4n) is 8.82. The zero-order valence-electron chi connectivity index (χ0n) is 40.5. The van der Waals surface area contributed by atoms with Crippen molar-refractivity contribution in [3.8, 4) is 23.7 Å². The number of hydrogen-bond donors (Lipinski definition) is 6. The molecule has 2 aliphatic heterocycles. The highest BCUT2D eigenvalue weighted by atomic mass is 19.1. The molecule has 2 aromatic carbocycles. The maximum Gasteiger partial charge on any atom is 0.251 e. The van der Waals surface area contributed by atoms with Gasteiger partial charge in [-0.1, -0.05) is 63.8 Å². The summed E-state index contributed by atoms with van der Waals surface area (Å²) in [6, 6.07) is 13.9. The number of aromatic amines is 2. The molecule has 0 radical (unpaired) electrons. The molecule has 4 amide bonds. The van der Waals surface area contributed by atoms with Gasteiger partial charge in [-0.15, -0.1) is 0 Å². The smallest absolute Gasteiger partial charge is 0.251 e. The molecule has 2 aliphatic rings. The van der Waals surface area contributed by atoms with E-state index in [1.165, 1.54) is 24.3 Å². The van der Waals surface area contributed by atoms with Crippen LogP contribution in [0.5, 0.6) is 0 Å². The van der Waals surface area contributed by atoms with Crippen LogP contribution in [0.25, 0.3) is 0 Å². The van der Waals surface area contributed by atoms with Crippen LogP contribution in [-0.2, 0) is 42.8 Å². The SMILES string of the molecule is CC1(C)CN(C(=O)[C@@H](N)CCCCNC(=O)CCC#CC#CCCC(=O)NCCCC[C@H](N)C(=O)N2CC(C)(C)c3[nH]c(=O)c(Cc4ccc(F)cc4)cc32)c2cc(Cc3ccc(F)cc3)c(=O)[nH]c21. The Labute approximate surface area is 407 Å². The molecule has 0 saturated heterocycles. The van der Waals surface area contributed by atoms with Crippen LogP contribution in [0.1, 0.15) is 126 Å². The number of rotatable bonds is 20. The molecule has 70 heavy (non-hydrogen) atoms. The summed E-state index contributed by atoms with van der Waals surface area (Å²) in [6.45, 7) is 9.43. The summed E-state index contributed by atoms with van der Waals surface area (Å²) in [5, 5.41) is 5.73. The quantitative estimate of drug-likeness (QED) is 0.0506. The van der Waals surface area contributed by atoms with E-state index in [1.807, 2.05) is 27.7 Å². The van der Waals surface area contributed by atoms with Gasteiger partial charge in [-0.3, -0.25) is 28.8 Å². The fraction of sp³-hybridized carbons (Fsp3) is 0.444. The number of nitrogens with two attached hydrogens (primary N) is 2. The van der Waals surface area contributed by atoms with Crippen molar-refractivity contribution in [1.82, 2.24) is 20.6 Å². The zero-order chi connectivity index (χ0) is 50.6. The number of nitrogens with zero attached hydrogens (tertiary/aromatic N) is 2. The molecular formula is C54H64F2N8O6. The first-order valence-corrected chi connectivity index (χ1v) is 24.0. The van der Waals surface area contributed by atoms with Crippen molar-refractivity contribution >= 4 is 35.0 Å². The summed E-state index contributed by atoms with van der Waals surface area (Å²) in [6.07, 6.45) is 4.97. The normalized spacial score (nSPS) is 14.9. The maximum atomic E-state index is 13.6. The van der Waals surface area contributed by atoms with Gasteiger partial charge in [0.2, 0.25) is 23.6 Å². The lowest BCUT2D eigenvalue weighted by Gasteiger charge is -2.23. The average molecular weight is 959 g/mol. The van der Waals surface area contributed by atoms with Gasteiger partial charge < -0.3 is 41.9 Å². The summed E-state index contributed by atoms with van der Waals surface area (Å²) in [5.41, 5.74) is 16.4. The second-order valence-electron chi connectivity index (χ2n) is 19.5. The van der Waals surface area contributed by atoms with Crippen LogP contribution in [0.2, 0.25) is 0 Å². The van der Waals surface area contributed by atoms with Gasteiger partial charge in [0.05, 0.1) is 23.5 Å². The molecule has 2 atom stereocenters. The Morgan fingerprint density at radius 2 is 1.00 bits per heavy atom. The lowest BCUT2D eigenvalue weighted by atomic mass is 9.91. The number of hydrogen-bond acceptors (Lipinski definition) is 8. The molecule has 16 heteroatoms. The average Bonchev–Trinajstić information content (AvgIpc) is 3.73. The van der Waals surface area contributed by atoms with Crippen molar-refractivity contribution in [2.45, 2.75) is 128 Å². The summed E-state index contributed by atoms with van der Waals surface area (Å²) in [5.74, 6) is 9.66. The number of carbonyl (C=O) groups is 4. The summed E-state index contributed by atoms with van der Waals surface area (Å²) in [7, 11) is 0. The van der Waals surface area contributed by atoms with E-state index in [2.05, 4.69) is 44.3 Å². The first-order chi connectivity index (χ1) is 33.3. The van der Waals surface area contributed by atoms with Gasteiger partial charge in [0.1, 0.15) is 11.6 Å². The summed E-state index contributed by atoms with van der Waals surface area (Å²) in [4.78, 5) is 87.0. The van der Waals surface area contributed by atoms with Gasteiger partial charge in [0.15, 0.2) is 0 Å². The molecule has 6 rings (SSSR count). The lowest BCUT2D eigenvalue weighted by molar-refractivity contribution is -0.121. The monoisotopic (exact) mass is 958 g/mol. The van der Waals surface area contributed by atoms with Gasteiger partial charge in [-0.2, -0.15) is 0 Å². The van der Waals surface area contributed by atoms with Crippen molar-refractivity contribution in [2.24, 2.45) is 11.5 Å². The molecule has 4 aromatic rings. The topological polar surface area (TPSA) is 217 Å². The zero-order valence-corrected chi connectivity index (χ0v) is 40.5. The van der Waals surface area contributed by atoms with Gasteiger partial charge in [0, 0.05) is 98.0 Å². The molecule has 0 unspecified atom stereocenters. The predicted molar refractivity (Wildman–Crippen MR) is 267 cm³/mol. The molecule has 4 heterocycles. The number of aromatic nitrogens is 2.